The molecule has 0 fully saturated rings. The van der Waals surface area contributed by atoms with Gasteiger partial charge in [0.05, 0.1) is 22.8 Å². The molecule has 208 valence electrons. The number of aromatic nitrogens is 1. The average Bonchev–Trinajstić information content (AvgIpc) is 3.25. The summed E-state index contributed by atoms with van der Waals surface area (Å²) in [5.74, 6) is -0.412. The molecule has 41 heavy (non-hydrogen) atoms. The Morgan fingerprint density at radius 1 is 0.878 bits per heavy atom. The van der Waals surface area contributed by atoms with E-state index < -0.39 is 22.0 Å². The first-order chi connectivity index (χ1) is 19.7. The topological polar surface area (TPSA) is 92.6 Å². The van der Waals surface area contributed by atoms with E-state index in [0.717, 1.165) is 39.0 Å². The number of amides is 1. The number of hydrazone groups is 1. The number of nitrogens with one attached hydrogen (secondary N) is 2. The lowest BCUT2D eigenvalue weighted by atomic mass is 10.0. The van der Waals surface area contributed by atoms with Gasteiger partial charge in [-0.25, -0.2) is 18.6 Å². The summed E-state index contributed by atoms with van der Waals surface area (Å²) in [5.41, 5.74) is 8.20. The lowest BCUT2D eigenvalue weighted by Gasteiger charge is -2.18. The molecule has 0 unspecified atom stereocenters. The molecule has 7 nitrogen and oxygen atoms in total. The zero-order valence-corrected chi connectivity index (χ0v) is 24.0. The fourth-order valence-corrected chi connectivity index (χ4v) is 6.21. The highest BCUT2D eigenvalue weighted by Gasteiger charge is 2.24. The van der Waals surface area contributed by atoms with Gasteiger partial charge in [-0.15, -0.1) is 0 Å². The Hall–Kier alpha value is -4.53. The molecule has 0 saturated heterocycles. The second kappa shape index (κ2) is 11.9. The number of hydrogen-bond donors (Lipinski definition) is 2. The Balaban J connectivity index is 1.33. The van der Waals surface area contributed by atoms with Gasteiger partial charge in [0.2, 0.25) is 15.9 Å². The lowest BCUT2D eigenvalue weighted by Crippen LogP contribution is -2.32. The van der Waals surface area contributed by atoms with Gasteiger partial charge in [-0.2, -0.15) is 5.10 Å². The summed E-state index contributed by atoms with van der Waals surface area (Å²) in [6, 6.07) is 31.4. The molecule has 0 aliphatic rings. The van der Waals surface area contributed by atoms with Crippen LogP contribution in [0.2, 0.25) is 0 Å². The number of carbonyl (C=O) groups excluding carboxylic acids is 1. The number of hydrogen-bond acceptors (Lipinski definition) is 4. The highest BCUT2D eigenvalue weighted by atomic mass is 32.2. The van der Waals surface area contributed by atoms with E-state index >= 15 is 0 Å². The van der Waals surface area contributed by atoms with E-state index in [1.54, 1.807) is 42.6 Å². The minimum atomic E-state index is -3.85. The van der Waals surface area contributed by atoms with E-state index in [4.69, 9.17) is 0 Å². The van der Waals surface area contributed by atoms with Gasteiger partial charge in [-0.1, -0.05) is 84.4 Å². The third kappa shape index (κ3) is 6.29. The monoisotopic (exact) mass is 564 g/mol. The number of sulfonamides is 1. The van der Waals surface area contributed by atoms with E-state index in [-0.39, 0.29) is 11.3 Å². The van der Waals surface area contributed by atoms with Crippen LogP contribution in [0.1, 0.15) is 40.5 Å². The Morgan fingerprint density at radius 3 is 2.32 bits per heavy atom. The molecule has 1 atom stereocenters. The zero-order chi connectivity index (χ0) is 29.0. The molecular weight excluding hydrogens is 532 g/mol. The van der Waals surface area contributed by atoms with Gasteiger partial charge in [0.1, 0.15) is 0 Å². The number of aryl methyl sites for hydroxylation is 2. The Morgan fingerprint density at radius 2 is 1.56 bits per heavy atom. The van der Waals surface area contributed by atoms with E-state index in [2.05, 4.69) is 44.1 Å². The predicted molar refractivity (Wildman–Crippen MR) is 164 cm³/mol. The molecule has 0 saturated carbocycles. The molecule has 0 aliphatic carbocycles. The van der Waals surface area contributed by atoms with Crippen molar-refractivity contribution in [2.75, 3.05) is 0 Å². The van der Waals surface area contributed by atoms with Crippen LogP contribution in [0.25, 0.3) is 16.5 Å². The van der Waals surface area contributed by atoms with Crippen molar-refractivity contribution in [3.8, 4) is 5.69 Å². The SMILES string of the molecule is Cc1ccc(S(=O)(=O)N[C@@H](CC(=O)N/N=C\c2cc(C)n(-c3cccc4ccccc34)c2C)c2ccccc2)cc1. The van der Waals surface area contributed by atoms with Crippen LogP contribution in [-0.2, 0) is 14.8 Å². The molecule has 1 amide bonds. The van der Waals surface area contributed by atoms with Gasteiger partial charge in [-0.05, 0) is 56.0 Å². The molecule has 1 aromatic heterocycles. The van der Waals surface area contributed by atoms with E-state index in [1.165, 1.54) is 0 Å². The third-order valence-corrected chi connectivity index (χ3v) is 8.58. The smallest absolute Gasteiger partial charge is 0.242 e. The van der Waals surface area contributed by atoms with Crippen molar-refractivity contribution in [2.45, 2.75) is 38.1 Å². The molecule has 1 heterocycles. The summed E-state index contributed by atoms with van der Waals surface area (Å²) in [5, 5.41) is 6.51. The summed E-state index contributed by atoms with van der Waals surface area (Å²) in [6.45, 7) is 5.95. The minimum Gasteiger partial charge on any atom is -0.317 e. The van der Waals surface area contributed by atoms with Gasteiger partial charge >= 0.3 is 0 Å². The molecule has 2 N–H and O–H groups in total. The van der Waals surface area contributed by atoms with E-state index in [0.29, 0.717) is 5.56 Å². The predicted octanol–water partition coefficient (Wildman–Crippen LogP) is 6.12. The van der Waals surface area contributed by atoms with E-state index in [9.17, 15) is 13.2 Å². The number of nitrogens with zero attached hydrogens (tertiary/aromatic N) is 2. The van der Waals surface area contributed by atoms with Crippen molar-refractivity contribution in [3.05, 3.63) is 131 Å². The van der Waals surface area contributed by atoms with Crippen LogP contribution in [0.3, 0.4) is 0 Å². The summed E-state index contributed by atoms with van der Waals surface area (Å²) < 4.78 is 31.1. The standard InChI is InChI=1S/C33H32N4O3S/c1-23-16-18-29(19-17-23)41(39,40)36-31(27-11-5-4-6-12-27)21-33(38)35-34-22-28-20-24(2)37(25(28)3)32-15-9-13-26-10-7-8-14-30(26)32/h4-20,22,31,36H,21H2,1-3H3,(H,35,38)/b34-22-/t31-/m0/s1. The molecule has 0 spiro atoms. The highest BCUT2D eigenvalue weighted by Crippen LogP contribution is 2.27. The maximum absolute atomic E-state index is 13.1. The van der Waals surface area contributed by atoms with Gasteiger partial charge in [-0.3, -0.25) is 4.79 Å². The van der Waals surface area contributed by atoms with Crippen molar-refractivity contribution >= 4 is 32.9 Å². The first-order valence-corrected chi connectivity index (χ1v) is 14.8. The first-order valence-electron chi connectivity index (χ1n) is 13.4. The van der Waals surface area contributed by atoms with Crippen LogP contribution in [-0.4, -0.2) is 25.1 Å². The van der Waals surface area contributed by atoms with Crippen LogP contribution in [0.5, 0.6) is 0 Å². The molecule has 0 bridgehead atoms. The van der Waals surface area contributed by atoms with Crippen molar-refractivity contribution in [2.24, 2.45) is 5.10 Å². The second-order valence-corrected chi connectivity index (χ2v) is 11.8. The minimum absolute atomic E-state index is 0.124. The normalized spacial score (nSPS) is 12.6. The Kier molecular flexibility index (Phi) is 8.14. The van der Waals surface area contributed by atoms with Crippen LogP contribution >= 0.6 is 0 Å². The Bertz CT molecular complexity index is 1820. The molecule has 8 heteroatoms. The average molecular weight is 565 g/mol. The van der Waals surface area contributed by atoms with Gasteiger partial charge in [0.25, 0.3) is 0 Å². The molecule has 5 aromatic rings. The van der Waals surface area contributed by atoms with Gasteiger partial charge in [0.15, 0.2) is 0 Å². The molecule has 0 radical (unpaired) electrons. The number of fused-ring (bicyclic) bond motifs is 1. The summed E-state index contributed by atoms with van der Waals surface area (Å²) in [7, 11) is -3.85. The van der Waals surface area contributed by atoms with Crippen molar-refractivity contribution in [1.29, 1.82) is 0 Å². The summed E-state index contributed by atoms with van der Waals surface area (Å²) >= 11 is 0. The quantitative estimate of drug-likeness (QED) is 0.167. The van der Waals surface area contributed by atoms with Crippen LogP contribution in [0.15, 0.2) is 113 Å². The molecular formula is C33H32N4O3S. The molecule has 4 aromatic carbocycles. The molecule has 0 aliphatic heterocycles. The zero-order valence-electron chi connectivity index (χ0n) is 23.2. The van der Waals surface area contributed by atoms with Crippen molar-refractivity contribution in [3.63, 3.8) is 0 Å². The van der Waals surface area contributed by atoms with E-state index in [1.807, 2.05) is 63.2 Å². The number of benzene rings is 4. The third-order valence-electron chi connectivity index (χ3n) is 7.09. The van der Waals surface area contributed by atoms with Crippen molar-refractivity contribution < 1.29 is 13.2 Å². The second-order valence-electron chi connectivity index (χ2n) is 10.1. The van der Waals surface area contributed by atoms with Crippen LogP contribution < -0.4 is 10.1 Å². The van der Waals surface area contributed by atoms with Crippen molar-refractivity contribution in [1.82, 2.24) is 14.7 Å². The largest absolute Gasteiger partial charge is 0.317 e. The first kappa shape index (κ1) is 28.0. The maximum Gasteiger partial charge on any atom is 0.242 e. The summed E-state index contributed by atoms with van der Waals surface area (Å²) in [4.78, 5) is 13.1. The van der Waals surface area contributed by atoms with Gasteiger partial charge in [0, 0.05) is 28.8 Å². The van der Waals surface area contributed by atoms with Crippen LogP contribution in [0, 0.1) is 20.8 Å². The molecule has 5 rings (SSSR count). The van der Waals surface area contributed by atoms with Gasteiger partial charge < -0.3 is 4.57 Å². The number of rotatable bonds is 9. The maximum atomic E-state index is 13.1. The van der Waals surface area contributed by atoms with Crippen LogP contribution in [0.4, 0.5) is 0 Å². The summed E-state index contributed by atoms with van der Waals surface area (Å²) in [6.07, 6.45) is 1.50. The Labute approximate surface area is 240 Å². The fourth-order valence-electron chi connectivity index (χ4n) is 4.98. The lowest BCUT2D eigenvalue weighted by molar-refractivity contribution is -0.121. The highest BCUT2D eigenvalue weighted by molar-refractivity contribution is 7.89. The fraction of sp³-hybridized carbons (Fsp3) is 0.152. The number of carbonyl (C=O) groups is 1.